The molecule has 0 N–H and O–H groups in total. The van der Waals surface area contributed by atoms with Crippen LogP contribution in [-0.2, 0) is 28.4 Å². The lowest BCUT2D eigenvalue weighted by Gasteiger charge is -2.52. The first kappa shape index (κ1) is 31.7. The normalized spacial score (nSPS) is 18.3. The molecule has 0 aliphatic carbocycles. The van der Waals surface area contributed by atoms with Gasteiger partial charge in [-0.2, -0.15) is 17.6 Å². The highest BCUT2D eigenvalue weighted by Crippen LogP contribution is 2.63. The van der Waals surface area contributed by atoms with E-state index in [4.69, 9.17) is 14.1 Å². The highest BCUT2D eigenvalue weighted by molar-refractivity contribution is 7.55. The van der Waals surface area contributed by atoms with Crippen LogP contribution >= 0.6 is 7.60 Å². The fraction of sp³-hybridized carbons (Fsp3) is 1.00. The highest BCUT2D eigenvalue weighted by atomic mass is 31.2. The first-order valence-corrected chi connectivity index (χ1v) is 11.9. The molecule has 0 saturated carbocycles. The van der Waals surface area contributed by atoms with Crippen molar-refractivity contribution in [2.75, 3.05) is 20.8 Å². The largest absolute Gasteiger partial charge is 0.415 e. The maximum atomic E-state index is 15.1. The Kier molecular flexibility index (Phi) is 10.4. The molecule has 0 radical (unpaired) electrons. The van der Waals surface area contributed by atoms with Crippen LogP contribution in [0.3, 0.4) is 0 Å². The fourth-order valence-corrected chi connectivity index (χ4v) is 4.68. The monoisotopic (exact) mass is 500 g/mol. The fourth-order valence-electron chi connectivity index (χ4n) is 3.31. The van der Waals surface area contributed by atoms with Gasteiger partial charge < -0.3 is 4.74 Å². The number of halogens is 5. The topological polar surface area (TPSA) is 63.2 Å². The standard InChI is InChI=1S/C20H38F5O6P/c1-11-17(7,15(3,4)19(22,23)20(24,25)16(5,6)21)13-14-29-18(8,12-2)32(26,30-27-9)31-28-10/h11-14H2,1-10H3. The molecule has 194 valence electrons. The second-order valence-corrected chi connectivity index (χ2v) is 11.5. The van der Waals surface area contributed by atoms with Crippen molar-refractivity contribution >= 4 is 7.60 Å². The average molecular weight is 500 g/mol. The summed E-state index contributed by atoms with van der Waals surface area (Å²) in [4.78, 5) is 8.96. The number of hydrogen-bond acceptors (Lipinski definition) is 6. The Morgan fingerprint density at radius 3 is 1.50 bits per heavy atom. The van der Waals surface area contributed by atoms with Crippen LogP contribution in [0.1, 0.15) is 74.7 Å². The molecule has 12 heteroatoms. The SMILES string of the molecule is CCC(C)(CCOC(C)(CC)P(=O)(OOC)OOC)C(C)(C)C(F)(F)C(F)(F)C(C)(C)F. The van der Waals surface area contributed by atoms with Gasteiger partial charge >= 0.3 is 19.4 Å². The molecular weight excluding hydrogens is 462 g/mol. The lowest BCUT2D eigenvalue weighted by molar-refractivity contribution is -0.323. The van der Waals surface area contributed by atoms with Crippen molar-refractivity contribution in [2.24, 2.45) is 10.8 Å². The molecule has 0 aromatic heterocycles. The Bertz CT molecular complexity index is 645. The van der Waals surface area contributed by atoms with E-state index in [1.54, 1.807) is 13.8 Å². The van der Waals surface area contributed by atoms with Crippen molar-refractivity contribution in [3.05, 3.63) is 0 Å². The van der Waals surface area contributed by atoms with Gasteiger partial charge in [-0.05, 0) is 45.4 Å². The summed E-state index contributed by atoms with van der Waals surface area (Å²) in [6.07, 6.45) is 0.0172. The van der Waals surface area contributed by atoms with Gasteiger partial charge in [-0.15, -0.1) is 9.35 Å². The van der Waals surface area contributed by atoms with Gasteiger partial charge in [-0.1, -0.05) is 34.6 Å². The van der Waals surface area contributed by atoms with Crippen molar-refractivity contribution < 1.29 is 50.4 Å². The number of hydrogen-bond donors (Lipinski definition) is 0. The van der Waals surface area contributed by atoms with E-state index in [1.165, 1.54) is 13.8 Å². The summed E-state index contributed by atoms with van der Waals surface area (Å²) in [6.45, 7) is 8.57. The van der Waals surface area contributed by atoms with E-state index >= 15 is 8.78 Å². The van der Waals surface area contributed by atoms with Gasteiger partial charge in [0.2, 0.25) is 0 Å². The van der Waals surface area contributed by atoms with E-state index in [1.807, 2.05) is 0 Å². The van der Waals surface area contributed by atoms with E-state index in [-0.39, 0.29) is 25.9 Å². The molecule has 0 amide bonds. The summed E-state index contributed by atoms with van der Waals surface area (Å²) in [6, 6.07) is 0. The van der Waals surface area contributed by atoms with E-state index in [2.05, 4.69) is 9.78 Å². The smallest absolute Gasteiger partial charge is 0.362 e. The quantitative estimate of drug-likeness (QED) is 0.102. The lowest BCUT2D eigenvalue weighted by atomic mass is 9.58. The maximum Gasteiger partial charge on any atom is 0.415 e. The molecule has 32 heavy (non-hydrogen) atoms. The first-order valence-electron chi connectivity index (χ1n) is 10.3. The Morgan fingerprint density at radius 2 is 1.19 bits per heavy atom. The third-order valence-corrected chi connectivity index (χ3v) is 9.16. The molecule has 2 unspecified atom stereocenters. The van der Waals surface area contributed by atoms with E-state index in [0.29, 0.717) is 13.8 Å². The van der Waals surface area contributed by atoms with Gasteiger partial charge in [0.1, 0.15) is 0 Å². The van der Waals surface area contributed by atoms with E-state index < -0.39 is 41.3 Å². The zero-order valence-electron chi connectivity index (χ0n) is 20.6. The van der Waals surface area contributed by atoms with Crippen LogP contribution in [0, 0.1) is 10.8 Å². The zero-order chi connectivity index (χ0) is 25.9. The summed E-state index contributed by atoms with van der Waals surface area (Å²) in [7, 11) is -1.93. The van der Waals surface area contributed by atoms with Crippen LogP contribution < -0.4 is 0 Å². The summed E-state index contributed by atoms with van der Waals surface area (Å²) in [5, 5.41) is -1.59. The Hall–Kier alpha value is -0.320. The molecule has 6 nitrogen and oxygen atoms in total. The maximum absolute atomic E-state index is 15.1. The molecule has 0 aromatic carbocycles. The van der Waals surface area contributed by atoms with Crippen molar-refractivity contribution in [1.29, 1.82) is 0 Å². The Morgan fingerprint density at radius 1 is 0.750 bits per heavy atom. The van der Waals surface area contributed by atoms with Crippen LogP contribution in [-0.4, -0.2) is 43.7 Å². The second kappa shape index (κ2) is 10.5. The van der Waals surface area contributed by atoms with Gasteiger partial charge in [0.05, 0.1) is 14.2 Å². The third kappa shape index (κ3) is 5.49. The van der Waals surface area contributed by atoms with Crippen molar-refractivity contribution in [2.45, 2.75) is 97.5 Å². The molecule has 2 atom stereocenters. The molecule has 0 rings (SSSR count). The summed E-state index contributed by atoms with van der Waals surface area (Å²) >= 11 is 0. The lowest BCUT2D eigenvalue weighted by Crippen LogP contribution is -2.63. The van der Waals surface area contributed by atoms with Gasteiger partial charge in [-0.3, -0.25) is 4.57 Å². The van der Waals surface area contributed by atoms with E-state index in [9.17, 15) is 17.7 Å². The number of alkyl halides is 5. The third-order valence-electron chi connectivity index (χ3n) is 6.86. The van der Waals surface area contributed by atoms with Gasteiger partial charge in [-0.25, -0.2) is 14.2 Å². The molecule has 0 saturated heterocycles. The van der Waals surface area contributed by atoms with Crippen LogP contribution in [0.25, 0.3) is 0 Å². The van der Waals surface area contributed by atoms with Crippen molar-refractivity contribution in [1.82, 2.24) is 0 Å². The second-order valence-electron chi connectivity index (χ2n) is 9.27. The minimum Gasteiger partial charge on any atom is -0.362 e. The van der Waals surface area contributed by atoms with Crippen LogP contribution in [0.4, 0.5) is 22.0 Å². The molecule has 0 bridgehead atoms. The molecule has 0 fully saturated rings. The molecule has 0 spiro atoms. The van der Waals surface area contributed by atoms with Crippen molar-refractivity contribution in [3.63, 3.8) is 0 Å². The van der Waals surface area contributed by atoms with E-state index in [0.717, 1.165) is 28.1 Å². The average Bonchev–Trinajstić information content (AvgIpc) is 2.66. The van der Waals surface area contributed by atoms with Crippen LogP contribution in [0.5, 0.6) is 0 Å². The van der Waals surface area contributed by atoms with Gasteiger partial charge in [0.15, 0.2) is 11.0 Å². The highest BCUT2D eigenvalue weighted by Gasteiger charge is 2.74. The molecule has 0 heterocycles. The van der Waals surface area contributed by atoms with Crippen molar-refractivity contribution in [3.8, 4) is 0 Å². The van der Waals surface area contributed by atoms with Gasteiger partial charge in [0, 0.05) is 12.0 Å². The van der Waals surface area contributed by atoms with Gasteiger partial charge in [0.25, 0.3) is 0 Å². The van der Waals surface area contributed by atoms with Crippen LogP contribution in [0.2, 0.25) is 0 Å². The predicted molar refractivity (Wildman–Crippen MR) is 110 cm³/mol. The number of ether oxygens (including phenoxy) is 1. The summed E-state index contributed by atoms with van der Waals surface area (Å²) in [5.74, 6) is -9.61. The molecule has 0 aliphatic heterocycles. The summed E-state index contributed by atoms with van der Waals surface area (Å²) in [5.41, 5.74) is -7.21. The minimum absolute atomic E-state index is 0.0609. The van der Waals surface area contributed by atoms with Crippen LogP contribution in [0.15, 0.2) is 0 Å². The predicted octanol–water partition coefficient (Wildman–Crippen LogP) is 7.33. The first-order chi connectivity index (χ1) is 14.2. The molecule has 0 aliphatic rings. The zero-order valence-corrected chi connectivity index (χ0v) is 21.5. The summed E-state index contributed by atoms with van der Waals surface area (Å²) < 4.78 is 102. The molecular formula is C20H38F5O6P. The molecule has 0 aromatic rings. The Labute approximate surface area is 187 Å². The Balaban J connectivity index is 5.92. The number of rotatable bonds is 15. The minimum atomic E-state index is -4.92.